The van der Waals surface area contributed by atoms with Gasteiger partial charge in [-0.3, -0.25) is 4.79 Å². The number of carbonyl (C=O) groups is 1. The molecular weight excluding hydrogens is 344 g/mol. The molecule has 2 aromatic rings. The lowest BCUT2D eigenvalue weighted by Crippen LogP contribution is -2.05. The zero-order valence-electron chi connectivity index (χ0n) is 13.7. The summed E-state index contributed by atoms with van der Waals surface area (Å²) in [6, 6.07) is 11.4. The van der Waals surface area contributed by atoms with Gasteiger partial charge in [0.25, 0.3) is 0 Å². The van der Waals surface area contributed by atoms with Gasteiger partial charge in [-0.25, -0.2) is 0 Å². The van der Waals surface area contributed by atoms with Crippen molar-refractivity contribution in [2.45, 2.75) is 6.92 Å². The van der Waals surface area contributed by atoms with E-state index in [4.69, 9.17) is 13.7 Å². The van der Waals surface area contributed by atoms with Gasteiger partial charge in [-0.15, -0.1) is 0 Å². The topological polar surface area (TPSA) is 78.9 Å². The van der Waals surface area contributed by atoms with E-state index in [2.05, 4.69) is 0 Å². The van der Waals surface area contributed by atoms with Gasteiger partial charge in [0, 0.05) is 6.07 Å². The normalized spacial score (nSPS) is 15.0. The highest BCUT2D eigenvalue weighted by atomic mass is 32.2. The Bertz CT molecular complexity index is 942. The quantitative estimate of drug-likeness (QED) is 0.602. The summed E-state index contributed by atoms with van der Waals surface area (Å²) >= 11 is 0. The summed E-state index contributed by atoms with van der Waals surface area (Å²) in [6.45, 7) is 2.40. The van der Waals surface area contributed by atoms with Crippen LogP contribution < -0.4 is 13.7 Å². The summed E-state index contributed by atoms with van der Waals surface area (Å²) in [5, 5.41) is 0. The minimum atomic E-state index is -3.57. The van der Waals surface area contributed by atoms with Crippen LogP contribution in [0.2, 0.25) is 0 Å². The summed E-state index contributed by atoms with van der Waals surface area (Å²) in [6.07, 6.45) is 2.56. The second-order valence-electron chi connectivity index (χ2n) is 5.39. The molecule has 1 aliphatic rings. The smallest absolute Gasteiger partial charge is 0.306 e. The molecule has 3 rings (SSSR count). The molecule has 0 atom stereocenters. The number of rotatable bonds is 5. The second-order valence-corrected chi connectivity index (χ2v) is 6.96. The van der Waals surface area contributed by atoms with Gasteiger partial charge in [-0.2, -0.15) is 8.42 Å². The molecule has 0 N–H and O–H groups in total. The zero-order valence-corrected chi connectivity index (χ0v) is 14.5. The third-order valence-electron chi connectivity index (χ3n) is 3.38. The van der Waals surface area contributed by atoms with Gasteiger partial charge < -0.3 is 13.7 Å². The fourth-order valence-corrected chi connectivity index (χ4v) is 2.83. The molecule has 130 valence electrons. The molecule has 0 bridgehead atoms. The molecule has 0 fully saturated rings. The Morgan fingerprint density at radius 1 is 1.08 bits per heavy atom. The van der Waals surface area contributed by atoms with E-state index in [1.807, 2.05) is 6.92 Å². The van der Waals surface area contributed by atoms with Crippen molar-refractivity contribution in [2.24, 2.45) is 0 Å². The molecule has 0 saturated carbocycles. The highest BCUT2D eigenvalue weighted by Gasteiger charge is 2.27. The van der Waals surface area contributed by atoms with Crippen molar-refractivity contribution in [3.63, 3.8) is 0 Å². The van der Waals surface area contributed by atoms with Crippen LogP contribution in [0.4, 0.5) is 0 Å². The number of hydrogen-bond acceptors (Lipinski definition) is 6. The fraction of sp³-hybridized carbons (Fsp3) is 0.167. The summed E-state index contributed by atoms with van der Waals surface area (Å²) < 4.78 is 38.0. The van der Waals surface area contributed by atoms with Crippen molar-refractivity contribution in [2.75, 3.05) is 12.9 Å². The van der Waals surface area contributed by atoms with Gasteiger partial charge in [-0.1, -0.05) is 12.1 Å². The van der Waals surface area contributed by atoms with E-state index < -0.39 is 10.1 Å². The molecular formula is C18H16O6S. The monoisotopic (exact) mass is 360 g/mol. The van der Waals surface area contributed by atoms with Crippen LogP contribution in [-0.2, 0) is 10.1 Å². The van der Waals surface area contributed by atoms with Gasteiger partial charge in [0.1, 0.15) is 17.2 Å². The first-order valence-electron chi connectivity index (χ1n) is 7.56. The predicted molar refractivity (Wildman–Crippen MR) is 92.5 cm³/mol. The Kier molecular flexibility index (Phi) is 4.50. The second kappa shape index (κ2) is 6.60. The standard InChI is InChI=1S/C18H16O6S/c1-3-22-14-8-9-15-16(11-14)23-17(18(15)19)10-12-4-6-13(7-5-12)24-25(2,20)21/h4-11H,3H2,1-2H3/b17-10-. The van der Waals surface area contributed by atoms with Crippen LogP contribution in [-0.4, -0.2) is 27.1 Å². The van der Waals surface area contributed by atoms with Gasteiger partial charge in [0.05, 0.1) is 18.4 Å². The number of fused-ring (bicyclic) bond motifs is 1. The molecule has 0 aromatic heterocycles. The average Bonchev–Trinajstić information content (AvgIpc) is 2.84. The van der Waals surface area contributed by atoms with Crippen LogP contribution in [0.1, 0.15) is 22.8 Å². The Hall–Kier alpha value is -2.80. The molecule has 2 aromatic carbocycles. The Balaban J connectivity index is 1.81. The molecule has 25 heavy (non-hydrogen) atoms. The maximum absolute atomic E-state index is 12.4. The van der Waals surface area contributed by atoms with Crippen LogP contribution in [0.5, 0.6) is 17.2 Å². The highest BCUT2D eigenvalue weighted by Crippen LogP contribution is 2.35. The van der Waals surface area contributed by atoms with Gasteiger partial charge >= 0.3 is 10.1 Å². The number of ether oxygens (including phenoxy) is 2. The Morgan fingerprint density at radius 3 is 2.40 bits per heavy atom. The van der Waals surface area contributed by atoms with Crippen LogP contribution in [0.15, 0.2) is 48.2 Å². The van der Waals surface area contributed by atoms with Crippen molar-refractivity contribution in [1.82, 2.24) is 0 Å². The van der Waals surface area contributed by atoms with Crippen molar-refractivity contribution in [3.8, 4) is 17.2 Å². The molecule has 0 spiro atoms. The molecule has 0 unspecified atom stereocenters. The lowest BCUT2D eigenvalue weighted by atomic mass is 10.1. The lowest BCUT2D eigenvalue weighted by Gasteiger charge is -2.04. The van der Waals surface area contributed by atoms with E-state index in [1.54, 1.807) is 36.4 Å². The van der Waals surface area contributed by atoms with Crippen molar-refractivity contribution in [1.29, 1.82) is 0 Å². The van der Waals surface area contributed by atoms with Crippen molar-refractivity contribution < 1.29 is 26.9 Å². The predicted octanol–water partition coefficient (Wildman–Crippen LogP) is 3.04. The molecule has 1 heterocycles. The largest absolute Gasteiger partial charge is 0.494 e. The van der Waals surface area contributed by atoms with Crippen molar-refractivity contribution >= 4 is 22.0 Å². The molecule has 0 amide bonds. The molecule has 0 aliphatic carbocycles. The van der Waals surface area contributed by atoms with E-state index in [9.17, 15) is 13.2 Å². The molecule has 0 saturated heterocycles. The summed E-state index contributed by atoms with van der Waals surface area (Å²) in [5.74, 6) is 1.28. The molecule has 6 nitrogen and oxygen atoms in total. The molecule has 1 aliphatic heterocycles. The first-order chi connectivity index (χ1) is 11.9. The minimum Gasteiger partial charge on any atom is -0.494 e. The van der Waals surface area contributed by atoms with Gasteiger partial charge in [0.2, 0.25) is 5.78 Å². The number of hydrogen-bond donors (Lipinski definition) is 0. The Morgan fingerprint density at radius 2 is 1.76 bits per heavy atom. The van der Waals surface area contributed by atoms with E-state index in [0.717, 1.165) is 6.26 Å². The third kappa shape index (κ3) is 4.00. The minimum absolute atomic E-state index is 0.195. The summed E-state index contributed by atoms with van der Waals surface area (Å²) in [7, 11) is -3.57. The van der Waals surface area contributed by atoms with Crippen LogP contribution >= 0.6 is 0 Å². The fourth-order valence-electron chi connectivity index (χ4n) is 2.37. The SMILES string of the molecule is CCOc1ccc2c(c1)O/C(=C\c1ccc(OS(C)(=O)=O)cc1)C2=O. The number of ketones is 1. The first-order valence-corrected chi connectivity index (χ1v) is 9.38. The van der Waals surface area contributed by atoms with Gasteiger partial charge in [-0.05, 0) is 42.8 Å². The number of allylic oxidation sites excluding steroid dienone is 1. The van der Waals surface area contributed by atoms with Crippen LogP contribution in [0.25, 0.3) is 6.08 Å². The van der Waals surface area contributed by atoms with Gasteiger partial charge in [0.15, 0.2) is 5.76 Å². The number of carbonyl (C=O) groups excluding carboxylic acids is 1. The highest BCUT2D eigenvalue weighted by molar-refractivity contribution is 7.86. The zero-order chi connectivity index (χ0) is 18.0. The average molecular weight is 360 g/mol. The van der Waals surface area contributed by atoms with Crippen LogP contribution in [0.3, 0.4) is 0 Å². The summed E-state index contributed by atoms with van der Waals surface area (Å²) in [5.41, 5.74) is 1.16. The third-order valence-corrected chi connectivity index (χ3v) is 3.87. The first kappa shape index (κ1) is 17.0. The number of benzene rings is 2. The summed E-state index contributed by atoms with van der Waals surface area (Å²) in [4.78, 5) is 12.4. The molecule has 7 heteroatoms. The lowest BCUT2D eigenvalue weighted by molar-refractivity contribution is 0.101. The number of Topliss-reactive ketones (excluding diaryl/α,β-unsaturated/α-hetero) is 1. The maximum atomic E-state index is 12.4. The van der Waals surface area contributed by atoms with E-state index in [1.165, 1.54) is 12.1 Å². The van der Waals surface area contributed by atoms with E-state index in [0.29, 0.717) is 29.2 Å². The maximum Gasteiger partial charge on any atom is 0.306 e. The Labute approximate surface area is 145 Å². The van der Waals surface area contributed by atoms with Crippen LogP contribution in [0, 0.1) is 0 Å². The van der Waals surface area contributed by atoms with Crippen molar-refractivity contribution in [3.05, 3.63) is 59.4 Å². The van der Waals surface area contributed by atoms with E-state index in [-0.39, 0.29) is 17.3 Å². The molecule has 0 radical (unpaired) electrons. The van der Waals surface area contributed by atoms with E-state index >= 15 is 0 Å².